The van der Waals surface area contributed by atoms with Crippen molar-refractivity contribution >= 4 is 15.9 Å². The van der Waals surface area contributed by atoms with Gasteiger partial charge in [0.15, 0.2) is 5.79 Å². The van der Waals surface area contributed by atoms with Gasteiger partial charge < -0.3 is 9.47 Å². The summed E-state index contributed by atoms with van der Waals surface area (Å²) in [5.74, 6) is 0.206. The summed E-state index contributed by atoms with van der Waals surface area (Å²) in [6.07, 6.45) is 5.74. The predicted molar refractivity (Wildman–Crippen MR) is 77.9 cm³/mol. The van der Waals surface area contributed by atoms with Gasteiger partial charge in [-0.3, -0.25) is 0 Å². The summed E-state index contributed by atoms with van der Waals surface area (Å²) in [7, 11) is 0. The fourth-order valence-corrected chi connectivity index (χ4v) is 3.75. The zero-order chi connectivity index (χ0) is 13.2. The van der Waals surface area contributed by atoms with E-state index in [4.69, 9.17) is 9.47 Å². The van der Waals surface area contributed by atoms with Crippen LogP contribution in [0, 0.1) is 11.3 Å². The Morgan fingerprint density at radius 2 is 2.06 bits per heavy atom. The first kappa shape index (κ1) is 14.5. The number of hydrogen-bond acceptors (Lipinski definition) is 2. The number of ether oxygens (including phenoxy) is 2. The van der Waals surface area contributed by atoms with Crippen LogP contribution in [0.15, 0.2) is 12.2 Å². The number of halogens is 1. The second kappa shape index (κ2) is 5.64. The highest BCUT2D eigenvalue weighted by Gasteiger charge is 2.55. The van der Waals surface area contributed by atoms with Crippen molar-refractivity contribution in [2.24, 2.45) is 11.3 Å². The smallest absolute Gasteiger partial charge is 0.174 e. The molecule has 1 aliphatic carbocycles. The lowest BCUT2D eigenvalue weighted by Gasteiger charge is -2.50. The van der Waals surface area contributed by atoms with Crippen LogP contribution in [0.25, 0.3) is 0 Å². The molecule has 0 bridgehead atoms. The van der Waals surface area contributed by atoms with Crippen molar-refractivity contribution in [1.29, 1.82) is 0 Å². The Hall–Kier alpha value is 0.140. The maximum atomic E-state index is 6.10. The molecule has 0 amide bonds. The van der Waals surface area contributed by atoms with Gasteiger partial charge in [-0.2, -0.15) is 0 Å². The van der Waals surface area contributed by atoms with Crippen molar-refractivity contribution in [2.75, 3.05) is 18.5 Å². The van der Waals surface area contributed by atoms with Crippen LogP contribution >= 0.6 is 15.9 Å². The van der Waals surface area contributed by atoms with Gasteiger partial charge in [0.2, 0.25) is 0 Å². The van der Waals surface area contributed by atoms with Gasteiger partial charge in [0.05, 0.1) is 13.2 Å². The van der Waals surface area contributed by atoms with Crippen LogP contribution in [0.2, 0.25) is 0 Å². The summed E-state index contributed by atoms with van der Waals surface area (Å²) in [5.41, 5.74) is 1.43. The number of allylic oxidation sites excluding steroid dienone is 1. The highest BCUT2D eigenvalue weighted by Crippen LogP contribution is 2.54. The molecular weight excluding hydrogens is 292 g/mol. The average Bonchev–Trinajstić information content (AvgIpc) is 2.80. The largest absolute Gasteiger partial charge is 0.347 e. The average molecular weight is 317 g/mol. The molecule has 2 rings (SSSR count). The molecule has 0 unspecified atom stereocenters. The predicted octanol–water partition coefficient (Wildman–Crippen LogP) is 4.29. The maximum Gasteiger partial charge on any atom is 0.174 e. The lowest BCUT2D eigenvalue weighted by molar-refractivity contribution is -0.259. The first-order valence-electron chi connectivity index (χ1n) is 7.02. The topological polar surface area (TPSA) is 18.5 Å². The molecule has 0 aromatic heterocycles. The lowest BCUT2D eigenvalue weighted by Crippen LogP contribution is -2.52. The van der Waals surface area contributed by atoms with E-state index in [9.17, 15) is 0 Å². The second-order valence-electron chi connectivity index (χ2n) is 6.09. The Morgan fingerprint density at radius 1 is 1.39 bits per heavy atom. The third-order valence-electron chi connectivity index (χ3n) is 4.79. The zero-order valence-corrected chi connectivity index (χ0v) is 13.2. The van der Waals surface area contributed by atoms with E-state index in [0.29, 0.717) is 5.92 Å². The van der Waals surface area contributed by atoms with E-state index in [2.05, 4.69) is 36.4 Å². The van der Waals surface area contributed by atoms with E-state index in [-0.39, 0.29) is 11.2 Å². The number of hydrogen-bond donors (Lipinski definition) is 0. The molecule has 0 radical (unpaired) electrons. The van der Waals surface area contributed by atoms with Gasteiger partial charge in [-0.1, -0.05) is 35.0 Å². The van der Waals surface area contributed by atoms with Gasteiger partial charge in [-0.25, -0.2) is 0 Å². The molecule has 1 saturated carbocycles. The van der Waals surface area contributed by atoms with Gasteiger partial charge in [-0.15, -0.1) is 0 Å². The minimum Gasteiger partial charge on any atom is -0.347 e. The molecule has 2 fully saturated rings. The van der Waals surface area contributed by atoms with Crippen LogP contribution in [0.5, 0.6) is 0 Å². The van der Waals surface area contributed by atoms with E-state index in [1.54, 1.807) is 0 Å². The summed E-state index contributed by atoms with van der Waals surface area (Å²) in [6.45, 7) is 10.1. The van der Waals surface area contributed by atoms with E-state index >= 15 is 0 Å². The molecular formula is C15H25BrO2. The lowest BCUT2D eigenvalue weighted by atomic mass is 9.64. The zero-order valence-electron chi connectivity index (χ0n) is 11.6. The molecule has 104 valence electrons. The monoisotopic (exact) mass is 316 g/mol. The Morgan fingerprint density at radius 3 is 2.61 bits per heavy atom. The standard InChI is InChI=1S/C15H25BrO2/c1-12(2)13-5-7-14(3,6-4-8-16)15(11-13)17-9-10-18-15/h13H,1,4-11H2,2-3H3/t13-,14+/m1/s1. The molecule has 3 heteroatoms. The summed E-state index contributed by atoms with van der Waals surface area (Å²) < 4.78 is 12.2. The Balaban J connectivity index is 2.17. The van der Waals surface area contributed by atoms with Gasteiger partial charge in [0, 0.05) is 17.2 Å². The quantitative estimate of drug-likeness (QED) is 0.569. The molecule has 1 heterocycles. The van der Waals surface area contributed by atoms with E-state index in [1.165, 1.54) is 31.3 Å². The van der Waals surface area contributed by atoms with Crippen LogP contribution in [0.4, 0.5) is 0 Å². The fourth-order valence-electron chi connectivity index (χ4n) is 3.47. The van der Waals surface area contributed by atoms with E-state index in [1.807, 2.05) is 0 Å². The van der Waals surface area contributed by atoms with Crippen molar-refractivity contribution in [3.63, 3.8) is 0 Å². The molecule has 1 aliphatic heterocycles. The normalized spacial score (nSPS) is 34.9. The van der Waals surface area contributed by atoms with Crippen LogP contribution in [-0.2, 0) is 9.47 Å². The van der Waals surface area contributed by atoms with Crippen LogP contribution < -0.4 is 0 Å². The van der Waals surface area contributed by atoms with E-state index in [0.717, 1.165) is 25.0 Å². The van der Waals surface area contributed by atoms with Crippen molar-refractivity contribution < 1.29 is 9.47 Å². The number of alkyl halides is 1. The third kappa shape index (κ3) is 2.54. The molecule has 18 heavy (non-hydrogen) atoms. The van der Waals surface area contributed by atoms with Crippen molar-refractivity contribution in [1.82, 2.24) is 0 Å². The minimum atomic E-state index is -0.350. The molecule has 2 atom stereocenters. The first-order valence-corrected chi connectivity index (χ1v) is 8.14. The summed E-state index contributed by atoms with van der Waals surface area (Å²) in [6, 6.07) is 0. The minimum absolute atomic E-state index is 0.156. The highest BCUT2D eigenvalue weighted by atomic mass is 79.9. The Labute approximate surface area is 119 Å². The van der Waals surface area contributed by atoms with Gasteiger partial charge in [-0.05, 0) is 38.5 Å². The van der Waals surface area contributed by atoms with Gasteiger partial charge in [0.1, 0.15) is 0 Å². The summed E-state index contributed by atoms with van der Waals surface area (Å²) in [5, 5.41) is 1.06. The number of rotatable bonds is 4. The second-order valence-corrected chi connectivity index (χ2v) is 6.88. The fraction of sp³-hybridized carbons (Fsp3) is 0.867. The van der Waals surface area contributed by atoms with Crippen molar-refractivity contribution in [3.8, 4) is 0 Å². The first-order chi connectivity index (χ1) is 8.53. The molecule has 0 aromatic rings. The molecule has 1 spiro atoms. The van der Waals surface area contributed by atoms with Gasteiger partial charge in [0.25, 0.3) is 0 Å². The summed E-state index contributed by atoms with van der Waals surface area (Å²) in [4.78, 5) is 0. The molecule has 0 N–H and O–H groups in total. The molecule has 1 saturated heterocycles. The SMILES string of the molecule is C=C(C)[C@@H]1CC[C@](C)(CCCBr)C2(C1)OCCO2. The Bertz CT molecular complexity index is 310. The van der Waals surface area contributed by atoms with Crippen LogP contribution in [-0.4, -0.2) is 24.3 Å². The van der Waals surface area contributed by atoms with Crippen LogP contribution in [0.3, 0.4) is 0 Å². The van der Waals surface area contributed by atoms with Gasteiger partial charge >= 0.3 is 0 Å². The molecule has 2 aliphatic rings. The van der Waals surface area contributed by atoms with E-state index < -0.39 is 0 Å². The highest BCUT2D eigenvalue weighted by molar-refractivity contribution is 9.09. The summed E-state index contributed by atoms with van der Waals surface area (Å²) >= 11 is 3.54. The van der Waals surface area contributed by atoms with Crippen molar-refractivity contribution in [3.05, 3.63) is 12.2 Å². The van der Waals surface area contributed by atoms with Crippen molar-refractivity contribution in [2.45, 2.75) is 51.7 Å². The third-order valence-corrected chi connectivity index (χ3v) is 5.35. The van der Waals surface area contributed by atoms with Crippen LogP contribution in [0.1, 0.15) is 46.0 Å². The Kier molecular flexibility index (Phi) is 4.56. The molecule has 2 nitrogen and oxygen atoms in total. The maximum absolute atomic E-state index is 6.10. The molecule has 0 aromatic carbocycles.